The van der Waals surface area contributed by atoms with Gasteiger partial charge >= 0.3 is 11.8 Å². The number of nitrogens with zero attached hydrogens (tertiary/aromatic N) is 1. The van der Waals surface area contributed by atoms with Crippen LogP contribution >= 0.6 is 0 Å². The molecule has 0 aliphatic heterocycles. The maximum Gasteiger partial charge on any atom is 0.330 e. The molecular formula is C19H27N5O5. The number of hydrazone groups is 1. The SMILES string of the molecule is COc1ccc(NC(=O)CC/C(CC(=O)C(C)(C)C)=N/NC(=O)C(=O)NN)cc1. The molecule has 0 saturated carbocycles. The lowest BCUT2D eigenvalue weighted by Crippen LogP contribution is -2.41. The number of rotatable bonds is 8. The van der Waals surface area contributed by atoms with E-state index in [4.69, 9.17) is 10.6 Å². The Balaban J connectivity index is 2.76. The second kappa shape index (κ2) is 10.9. The Morgan fingerprint density at radius 3 is 2.17 bits per heavy atom. The molecule has 1 aromatic carbocycles. The molecule has 10 nitrogen and oxygen atoms in total. The van der Waals surface area contributed by atoms with Crippen LogP contribution in [0.3, 0.4) is 0 Å². The van der Waals surface area contributed by atoms with Crippen molar-refractivity contribution in [2.45, 2.75) is 40.0 Å². The highest BCUT2D eigenvalue weighted by Gasteiger charge is 2.23. The van der Waals surface area contributed by atoms with Gasteiger partial charge < -0.3 is 10.1 Å². The fourth-order valence-electron chi connectivity index (χ4n) is 2.04. The quantitative estimate of drug-likeness (QED) is 0.166. The van der Waals surface area contributed by atoms with Crippen LogP contribution in [-0.2, 0) is 19.2 Å². The minimum Gasteiger partial charge on any atom is -0.497 e. The van der Waals surface area contributed by atoms with Crippen molar-refractivity contribution in [3.8, 4) is 5.75 Å². The monoisotopic (exact) mass is 405 g/mol. The highest BCUT2D eigenvalue weighted by Crippen LogP contribution is 2.18. The van der Waals surface area contributed by atoms with Crippen LogP contribution in [0.5, 0.6) is 5.75 Å². The number of hydrazine groups is 1. The molecule has 1 aromatic rings. The molecule has 0 aromatic heterocycles. The molecule has 1 rings (SSSR count). The van der Waals surface area contributed by atoms with Crippen molar-refractivity contribution in [2.75, 3.05) is 12.4 Å². The van der Waals surface area contributed by atoms with Crippen molar-refractivity contribution >= 4 is 34.9 Å². The van der Waals surface area contributed by atoms with Gasteiger partial charge in [-0.05, 0) is 30.7 Å². The molecule has 158 valence electrons. The van der Waals surface area contributed by atoms with E-state index in [0.29, 0.717) is 11.4 Å². The third kappa shape index (κ3) is 8.52. The van der Waals surface area contributed by atoms with E-state index < -0.39 is 17.2 Å². The van der Waals surface area contributed by atoms with Crippen LogP contribution in [-0.4, -0.2) is 36.3 Å². The molecular weight excluding hydrogens is 378 g/mol. The first-order valence-electron chi connectivity index (χ1n) is 8.90. The molecule has 0 saturated heterocycles. The predicted molar refractivity (Wildman–Crippen MR) is 108 cm³/mol. The Morgan fingerprint density at radius 1 is 1.03 bits per heavy atom. The normalized spacial score (nSPS) is 11.4. The van der Waals surface area contributed by atoms with Gasteiger partial charge in [0.2, 0.25) is 5.91 Å². The first-order chi connectivity index (χ1) is 13.6. The molecule has 3 amide bonds. The van der Waals surface area contributed by atoms with Crippen molar-refractivity contribution in [3.63, 3.8) is 0 Å². The van der Waals surface area contributed by atoms with Gasteiger partial charge in [0.1, 0.15) is 11.5 Å². The number of hydrogen-bond acceptors (Lipinski definition) is 7. The Labute approximate surface area is 169 Å². The lowest BCUT2D eigenvalue weighted by atomic mass is 9.87. The molecule has 0 aliphatic rings. The van der Waals surface area contributed by atoms with E-state index >= 15 is 0 Å². The summed E-state index contributed by atoms with van der Waals surface area (Å²) in [6.07, 6.45) is 0.0828. The van der Waals surface area contributed by atoms with Gasteiger partial charge in [-0.15, -0.1) is 0 Å². The first-order valence-corrected chi connectivity index (χ1v) is 8.90. The van der Waals surface area contributed by atoms with Crippen molar-refractivity contribution in [2.24, 2.45) is 16.4 Å². The van der Waals surface area contributed by atoms with Crippen LogP contribution in [0.4, 0.5) is 5.69 Å². The van der Waals surface area contributed by atoms with E-state index in [1.165, 1.54) is 0 Å². The number of ketones is 1. The summed E-state index contributed by atoms with van der Waals surface area (Å²) in [5.74, 6) is 2.98. The smallest absolute Gasteiger partial charge is 0.330 e. The second-order valence-corrected chi connectivity index (χ2v) is 7.22. The number of anilines is 1. The summed E-state index contributed by atoms with van der Waals surface area (Å²) in [4.78, 5) is 47.2. The summed E-state index contributed by atoms with van der Waals surface area (Å²) in [7, 11) is 1.54. The van der Waals surface area contributed by atoms with E-state index in [2.05, 4.69) is 10.4 Å². The zero-order valence-corrected chi connectivity index (χ0v) is 17.0. The van der Waals surface area contributed by atoms with E-state index in [0.717, 1.165) is 0 Å². The highest BCUT2D eigenvalue weighted by molar-refractivity contribution is 6.34. The Morgan fingerprint density at radius 2 is 1.66 bits per heavy atom. The molecule has 5 N–H and O–H groups in total. The Bertz CT molecular complexity index is 781. The maximum absolute atomic E-state index is 12.3. The number of ether oxygens (including phenoxy) is 1. The zero-order chi connectivity index (χ0) is 22.0. The topological polar surface area (TPSA) is 152 Å². The van der Waals surface area contributed by atoms with E-state index in [9.17, 15) is 19.2 Å². The molecule has 0 fully saturated rings. The van der Waals surface area contributed by atoms with Gasteiger partial charge in [-0.1, -0.05) is 20.8 Å². The Hall–Kier alpha value is -3.27. The van der Waals surface area contributed by atoms with Gasteiger partial charge in [0.25, 0.3) is 0 Å². The summed E-state index contributed by atoms with van der Waals surface area (Å²) in [5, 5.41) is 6.55. The number of amides is 3. The molecule has 0 unspecified atom stereocenters. The number of carbonyl (C=O) groups excluding carboxylic acids is 4. The number of Topliss-reactive ketones (excluding diaryl/α,β-unsaturated/α-hetero) is 1. The zero-order valence-electron chi connectivity index (χ0n) is 17.0. The lowest BCUT2D eigenvalue weighted by Gasteiger charge is -2.17. The fraction of sp³-hybridized carbons (Fsp3) is 0.421. The number of nitrogens with one attached hydrogen (secondary N) is 3. The van der Waals surface area contributed by atoms with Gasteiger partial charge in [-0.25, -0.2) is 11.3 Å². The largest absolute Gasteiger partial charge is 0.497 e. The molecule has 0 heterocycles. The molecule has 0 radical (unpaired) electrons. The minimum absolute atomic E-state index is 0.0290. The van der Waals surface area contributed by atoms with Crippen molar-refractivity contribution < 1.29 is 23.9 Å². The van der Waals surface area contributed by atoms with E-state index in [-0.39, 0.29) is 36.7 Å². The third-order valence-electron chi connectivity index (χ3n) is 3.87. The highest BCUT2D eigenvalue weighted by atomic mass is 16.5. The van der Waals surface area contributed by atoms with Crippen LogP contribution in [0.2, 0.25) is 0 Å². The van der Waals surface area contributed by atoms with Crippen molar-refractivity contribution in [1.82, 2.24) is 10.9 Å². The summed E-state index contributed by atoms with van der Waals surface area (Å²) in [6, 6.07) is 6.81. The van der Waals surface area contributed by atoms with Crippen molar-refractivity contribution in [1.29, 1.82) is 0 Å². The van der Waals surface area contributed by atoms with Crippen LogP contribution in [0, 0.1) is 5.41 Å². The van der Waals surface area contributed by atoms with E-state index in [1.807, 2.05) is 5.43 Å². The standard InChI is InChI=1S/C19H27N5O5/c1-19(2,3)15(25)11-13(23-24-18(28)17(27)22-20)7-10-16(26)21-12-5-8-14(29-4)9-6-12/h5-6,8-9H,7,10-11,20H2,1-4H3,(H,21,26)(H,22,27)(H,24,28)/b23-13-. The van der Waals surface area contributed by atoms with Gasteiger partial charge in [0, 0.05) is 29.7 Å². The second-order valence-electron chi connectivity index (χ2n) is 7.22. The summed E-state index contributed by atoms with van der Waals surface area (Å²) in [5.41, 5.74) is 3.96. The number of benzene rings is 1. The molecule has 0 aliphatic carbocycles. The Kier molecular flexibility index (Phi) is 8.94. The lowest BCUT2D eigenvalue weighted by molar-refractivity contribution is -0.139. The van der Waals surface area contributed by atoms with Gasteiger partial charge in [-0.2, -0.15) is 5.10 Å². The number of methoxy groups -OCH3 is 1. The fourth-order valence-corrected chi connectivity index (χ4v) is 2.04. The van der Waals surface area contributed by atoms with Crippen LogP contribution in [0.1, 0.15) is 40.0 Å². The van der Waals surface area contributed by atoms with Crippen molar-refractivity contribution in [3.05, 3.63) is 24.3 Å². The molecule has 0 bridgehead atoms. The number of carbonyl (C=O) groups is 4. The summed E-state index contributed by atoms with van der Waals surface area (Å²) >= 11 is 0. The molecule has 10 heteroatoms. The first kappa shape index (κ1) is 23.8. The number of nitrogens with two attached hydrogens (primary N) is 1. The van der Waals surface area contributed by atoms with Gasteiger partial charge in [-0.3, -0.25) is 24.6 Å². The van der Waals surface area contributed by atoms with Gasteiger partial charge in [0.15, 0.2) is 0 Å². The molecule has 0 atom stereocenters. The summed E-state index contributed by atoms with van der Waals surface area (Å²) < 4.78 is 5.06. The number of hydrogen-bond donors (Lipinski definition) is 4. The minimum atomic E-state index is -1.08. The van der Waals surface area contributed by atoms with Crippen LogP contribution < -0.4 is 26.7 Å². The average Bonchev–Trinajstić information content (AvgIpc) is 2.68. The third-order valence-corrected chi connectivity index (χ3v) is 3.87. The van der Waals surface area contributed by atoms with E-state index in [1.54, 1.807) is 57.6 Å². The summed E-state index contributed by atoms with van der Waals surface area (Å²) in [6.45, 7) is 5.26. The molecule has 29 heavy (non-hydrogen) atoms. The molecule has 0 spiro atoms. The maximum atomic E-state index is 12.3. The predicted octanol–water partition coefficient (Wildman–Crippen LogP) is 0.881. The van der Waals surface area contributed by atoms with Gasteiger partial charge in [0.05, 0.1) is 7.11 Å². The van der Waals surface area contributed by atoms with Crippen LogP contribution in [0.25, 0.3) is 0 Å². The van der Waals surface area contributed by atoms with Crippen LogP contribution in [0.15, 0.2) is 29.4 Å². The average molecular weight is 405 g/mol.